The summed E-state index contributed by atoms with van der Waals surface area (Å²) >= 11 is 0. The SMILES string of the molecule is COC(=O)c1cccc2c1CN(C1=NC(C)(O)C(c3ccccc3)=N1)C2. The molecule has 1 unspecified atom stereocenters. The highest BCUT2D eigenvalue weighted by molar-refractivity contribution is 6.15. The summed E-state index contributed by atoms with van der Waals surface area (Å²) in [6, 6.07) is 15.1. The minimum absolute atomic E-state index is 0.350. The van der Waals surface area contributed by atoms with Crippen LogP contribution in [0.5, 0.6) is 0 Å². The van der Waals surface area contributed by atoms with Gasteiger partial charge in [0.25, 0.3) is 0 Å². The van der Waals surface area contributed by atoms with Crippen LogP contribution in [0, 0.1) is 0 Å². The number of ether oxygens (including phenoxy) is 1. The molecule has 0 spiro atoms. The third-order valence-corrected chi connectivity index (χ3v) is 4.70. The van der Waals surface area contributed by atoms with E-state index in [2.05, 4.69) is 9.98 Å². The molecule has 2 aliphatic rings. The Bertz CT molecular complexity index is 933. The second kappa shape index (κ2) is 6.07. The van der Waals surface area contributed by atoms with E-state index in [4.69, 9.17) is 4.74 Å². The summed E-state index contributed by atoms with van der Waals surface area (Å²) in [4.78, 5) is 23.0. The van der Waals surface area contributed by atoms with E-state index in [-0.39, 0.29) is 5.97 Å². The fourth-order valence-electron chi connectivity index (χ4n) is 3.42. The second-order valence-corrected chi connectivity index (χ2v) is 6.55. The molecule has 0 bridgehead atoms. The van der Waals surface area contributed by atoms with Gasteiger partial charge >= 0.3 is 5.97 Å². The average Bonchev–Trinajstić information content (AvgIpc) is 3.22. The quantitative estimate of drug-likeness (QED) is 0.845. The molecule has 2 aliphatic heterocycles. The molecule has 0 saturated carbocycles. The molecule has 4 rings (SSSR count). The lowest BCUT2D eigenvalue weighted by molar-refractivity contribution is 0.0599. The Balaban J connectivity index is 1.66. The topological polar surface area (TPSA) is 74.5 Å². The number of guanidine groups is 1. The zero-order chi connectivity index (χ0) is 18.3. The number of aliphatic hydroxyl groups is 1. The molecule has 1 atom stereocenters. The summed E-state index contributed by atoms with van der Waals surface area (Å²) in [5, 5.41) is 10.7. The maximum atomic E-state index is 12.0. The molecule has 2 aromatic carbocycles. The van der Waals surface area contributed by atoms with Crippen molar-refractivity contribution in [3.63, 3.8) is 0 Å². The highest BCUT2D eigenvalue weighted by atomic mass is 16.5. The van der Waals surface area contributed by atoms with Crippen LogP contribution in [0.2, 0.25) is 0 Å². The van der Waals surface area contributed by atoms with Crippen molar-refractivity contribution in [1.29, 1.82) is 0 Å². The van der Waals surface area contributed by atoms with Crippen molar-refractivity contribution >= 4 is 17.6 Å². The minimum atomic E-state index is -1.38. The minimum Gasteiger partial charge on any atom is -0.465 e. The van der Waals surface area contributed by atoms with Crippen LogP contribution in [0.15, 0.2) is 58.5 Å². The average molecular weight is 349 g/mol. The van der Waals surface area contributed by atoms with E-state index >= 15 is 0 Å². The highest BCUT2D eigenvalue weighted by Gasteiger charge is 2.37. The third kappa shape index (κ3) is 2.68. The molecule has 2 heterocycles. The van der Waals surface area contributed by atoms with Crippen molar-refractivity contribution in [2.45, 2.75) is 25.7 Å². The van der Waals surface area contributed by atoms with Crippen LogP contribution < -0.4 is 0 Å². The molecule has 2 aromatic rings. The second-order valence-electron chi connectivity index (χ2n) is 6.55. The van der Waals surface area contributed by atoms with E-state index in [0.29, 0.717) is 30.3 Å². The van der Waals surface area contributed by atoms with E-state index in [1.165, 1.54) is 7.11 Å². The summed E-state index contributed by atoms with van der Waals surface area (Å²) in [5.41, 5.74) is 2.51. The molecule has 0 aromatic heterocycles. The summed E-state index contributed by atoms with van der Waals surface area (Å²) in [7, 11) is 1.38. The molecule has 6 nitrogen and oxygen atoms in total. The number of benzene rings is 2. The molecule has 0 saturated heterocycles. The largest absolute Gasteiger partial charge is 0.465 e. The molecule has 26 heavy (non-hydrogen) atoms. The molecule has 0 fully saturated rings. The first-order valence-electron chi connectivity index (χ1n) is 8.40. The predicted octanol–water partition coefficient (Wildman–Crippen LogP) is 2.36. The molecule has 1 N–H and O–H groups in total. The highest BCUT2D eigenvalue weighted by Crippen LogP contribution is 2.30. The summed E-state index contributed by atoms with van der Waals surface area (Å²) < 4.78 is 4.87. The van der Waals surface area contributed by atoms with Crippen molar-refractivity contribution in [3.8, 4) is 0 Å². The summed E-state index contributed by atoms with van der Waals surface area (Å²) in [6.45, 7) is 2.72. The lowest BCUT2D eigenvalue weighted by Crippen LogP contribution is -2.31. The first-order valence-corrected chi connectivity index (χ1v) is 8.40. The van der Waals surface area contributed by atoms with Crippen LogP contribution in [0.3, 0.4) is 0 Å². The van der Waals surface area contributed by atoms with Crippen molar-refractivity contribution in [2.75, 3.05) is 7.11 Å². The first kappa shape index (κ1) is 16.5. The van der Waals surface area contributed by atoms with E-state index in [1.54, 1.807) is 13.0 Å². The molecular formula is C20H19N3O3. The molecule has 132 valence electrons. The van der Waals surface area contributed by atoms with Crippen LogP contribution in [0.1, 0.15) is 34.0 Å². The molecular weight excluding hydrogens is 330 g/mol. The van der Waals surface area contributed by atoms with E-state index in [0.717, 1.165) is 16.7 Å². The van der Waals surface area contributed by atoms with Gasteiger partial charge < -0.3 is 14.7 Å². The van der Waals surface area contributed by atoms with Crippen molar-refractivity contribution < 1.29 is 14.6 Å². The van der Waals surface area contributed by atoms with Crippen molar-refractivity contribution in [1.82, 2.24) is 4.90 Å². The Morgan fingerprint density at radius 2 is 1.92 bits per heavy atom. The first-order chi connectivity index (χ1) is 12.5. The monoisotopic (exact) mass is 349 g/mol. The van der Waals surface area contributed by atoms with E-state index < -0.39 is 5.72 Å². The van der Waals surface area contributed by atoms with Crippen LogP contribution in [0.25, 0.3) is 0 Å². The van der Waals surface area contributed by atoms with E-state index in [1.807, 2.05) is 47.4 Å². The van der Waals surface area contributed by atoms with Crippen LogP contribution in [0.4, 0.5) is 0 Å². The van der Waals surface area contributed by atoms with Gasteiger partial charge in [0.2, 0.25) is 11.7 Å². The summed E-state index contributed by atoms with van der Waals surface area (Å²) in [5.74, 6) is 0.124. The van der Waals surface area contributed by atoms with Gasteiger partial charge in [-0.25, -0.2) is 14.8 Å². The van der Waals surface area contributed by atoms with Crippen LogP contribution in [-0.2, 0) is 17.8 Å². The van der Waals surface area contributed by atoms with Gasteiger partial charge in [-0.1, -0.05) is 42.5 Å². The zero-order valence-electron chi connectivity index (χ0n) is 14.6. The number of hydrogen-bond donors (Lipinski definition) is 1. The number of nitrogens with zero attached hydrogens (tertiary/aromatic N) is 3. The fraction of sp³-hybridized carbons (Fsp3) is 0.250. The fourth-order valence-corrected chi connectivity index (χ4v) is 3.42. The standard InChI is InChI=1S/C20H19N3O3/c1-20(25)17(13-7-4-3-5-8-13)21-19(22-20)23-11-14-9-6-10-15(16(14)12-23)18(24)26-2/h3-10,25H,11-12H2,1-2H3. The van der Waals surface area contributed by atoms with Gasteiger partial charge in [0.05, 0.1) is 12.7 Å². The third-order valence-electron chi connectivity index (χ3n) is 4.70. The molecule has 0 aliphatic carbocycles. The number of rotatable bonds is 2. The smallest absolute Gasteiger partial charge is 0.338 e. The lowest BCUT2D eigenvalue weighted by Gasteiger charge is -2.16. The van der Waals surface area contributed by atoms with Crippen LogP contribution >= 0.6 is 0 Å². The zero-order valence-corrected chi connectivity index (χ0v) is 14.6. The Labute approximate surface area is 151 Å². The predicted molar refractivity (Wildman–Crippen MR) is 98.1 cm³/mol. The van der Waals surface area contributed by atoms with Gasteiger partial charge in [0.1, 0.15) is 5.71 Å². The van der Waals surface area contributed by atoms with Gasteiger partial charge in [-0.2, -0.15) is 0 Å². The van der Waals surface area contributed by atoms with Gasteiger partial charge in [0, 0.05) is 18.7 Å². The van der Waals surface area contributed by atoms with Crippen molar-refractivity contribution in [2.24, 2.45) is 9.98 Å². The van der Waals surface area contributed by atoms with Gasteiger partial charge in [-0.15, -0.1) is 0 Å². The maximum Gasteiger partial charge on any atom is 0.338 e. The Morgan fingerprint density at radius 3 is 2.65 bits per heavy atom. The molecule has 0 amide bonds. The number of hydrogen-bond acceptors (Lipinski definition) is 6. The number of fused-ring (bicyclic) bond motifs is 1. The van der Waals surface area contributed by atoms with E-state index in [9.17, 15) is 9.90 Å². The number of carbonyl (C=O) groups excluding carboxylic acids is 1. The normalized spacial score (nSPS) is 21.3. The maximum absolute atomic E-state index is 12.0. The summed E-state index contributed by atoms with van der Waals surface area (Å²) in [6.07, 6.45) is 0. The lowest BCUT2D eigenvalue weighted by atomic mass is 10.0. The number of carbonyl (C=O) groups is 1. The Kier molecular flexibility index (Phi) is 3.85. The number of methoxy groups -OCH3 is 1. The number of aliphatic imine (C=N–C) groups is 2. The number of esters is 1. The van der Waals surface area contributed by atoms with Crippen LogP contribution in [-0.4, -0.2) is 40.5 Å². The van der Waals surface area contributed by atoms with Gasteiger partial charge in [0.15, 0.2) is 0 Å². The molecule has 0 radical (unpaired) electrons. The Morgan fingerprint density at radius 1 is 1.15 bits per heavy atom. The molecule has 6 heteroatoms. The van der Waals surface area contributed by atoms with Gasteiger partial charge in [-0.05, 0) is 24.1 Å². The Hall–Kier alpha value is -2.99. The van der Waals surface area contributed by atoms with Crippen molar-refractivity contribution in [3.05, 3.63) is 70.8 Å². The van der Waals surface area contributed by atoms with Gasteiger partial charge in [-0.3, -0.25) is 0 Å².